The largest absolute Gasteiger partial charge is 0.381 e. The Labute approximate surface area is 157 Å². The number of halogens is 1. The van der Waals surface area contributed by atoms with Gasteiger partial charge in [-0.25, -0.2) is 13.1 Å². The van der Waals surface area contributed by atoms with Crippen molar-refractivity contribution in [2.75, 3.05) is 52.2 Å². The maximum Gasteiger partial charge on any atom is 0.211 e. The van der Waals surface area contributed by atoms with Crippen molar-refractivity contribution in [2.24, 2.45) is 10.9 Å². The first-order valence-corrected chi connectivity index (χ1v) is 9.68. The molecule has 138 valence electrons. The number of rotatable bonds is 9. The highest BCUT2D eigenvalue weighted by molar-refractivity contribution is 14.0. The smallest absolute Gasteiger partial charge is 0.211 e. The molecule has 0 aromatic rings. The van der Waals surface area contributed by atoms with Gasteiger partial charge in [0.2, 0.25) is 10.0 Å². The van der Waals surface area contributed by atoms with Gasteiger partial charge in [0.25, 0.3) is 0 Å². The molecule has 1 aliphatic heterocycles. The van der Waals surface area contributed by atoms with Gasteiger partial charge >= 0.3 is 0 Å². The van der Waals surface area contributed by atoms with Gasteiger partial charge in [-0.2, -0.15) is 0 Å². The molecule has 1 fully saturated rings. The number of sulfonamides is 1. The van der Waals surface area contributed by atoms with Crippen molar-refractivity contribution in [3.63, 3.8) is 0 Å². The molecule has 1 saturated heterocycles. The van der Waals surface area contributed by atoms with Crippen LogP contribution in [0.1, 0.15) is 26.7 Å². The van der Waals surface area contributed by atoms with Gasteiger partial charge in [-0.15, -0.1) is 24.0 Å². The van der Waals surface area contributed by atoms with Crippen molar-refractivity contribution in [2.45, 2.75) is 26.7 Å². The van der Waals surface area contributed by atoms with E-state index in [1.165, 1.54) is 0 Å². The number of hydrogen-bond donors (Lipinski definition) is 2. The van der Waals surface area contributed by atoms with Crippen molar-refractivity contribution in [1.29, 1.82) is 0 Å². The van der Waals surface area contributed by atoms with Gasteiger partial charge in [0.15, 0.2) is 5.96 Å². The second kappa shape index (κ2) is 12.3. The van der Waals surface area contributed by atoms with E-state index < -0.39 is 10.0 Å². The highest BCUT2D eigenvalue weighted by atomic mass is 127. The van der Waals surface area contributed by atoms with E-state index in [2.05, 4.69) is 19.9 Å². The summed E-state index contributed by atoms with van der Waals surface area (Å²) in [5, 5.41) is 3.27. The normalized spacial score (nSPS) is 18.6. The third-order valence-electron chi connectivity index (χ3n) is 3.55. The summed E-state index contributed by atoms with van der Waals surface area (Å²) in [7, 11) is -1.07. The van der Waals surface area contributed by atoms with Crippen LogP contribution in [-0.4, -0.2) is 71.5 Å². The molecule has 1 heterocycles. The first-order valence-electron chi connectivity index (χ1n) is 8.03. The van der Waals surface area contributed by atoms with Crippen molar-refractivity contribution in [3.05, 3.63) is 0 Å². The van der Waals surface area contributed by atoms with Gasteiger partial charge < -0.3 is 15.0 Å². The molecule has 1 atom stereocenters. The summed E-state index contributed by atoms with van der Waals surface area (Å²) in [5.74, 6) is 1.54. The lowest BCUT2D eigenvalue weighted by Gasteiger charge is -2.24. The lowest BCUT2D eigenvalue weighted by atomic mass is 10.1. The van der Waals surface area contributed by atoms with Crippen LogP contribution < -0.4 is 10.0 Å². The topological polar surface area (TPSA) is 83.0 Å². The van der Waals surface area contributed by atoms with E-state index in [-0.39, 0.29) is 29.7 Å². The van der Waals surface area contributed by atoms with Crippen LogP contribution in [0.5, 0.6) is 0 Å². The van der Waals surface area contributed by atoms with Crippen molar-refractivity contribution in [1.82, 2.24) is 14.9 Å². The number of ether oxygens (including phenoxy) is 1. The fraction of sp³-hybridized carbons (Fsp3) is 0.929. The molecule has 0 radical (unpaired) electrons. The molecule has 0 amide bonds. The molecule has 0 spiro atoms. The first-order chi connectivity index (χ1) is 10.5. The number of aliphatic imine (C=N–C) groups is 1. The quantitative estimate of drug-likeness (QED) is 0.230. The molecule has 0 bridgehead atoms. The fourth-order valence-electron chi connectivity index (χ4n) is 2.26. The molecule has 1 unspecified atom stereocenters. The van der Waals surface area contributed by atoms with Crippen LogP contribution in [0.3, 0.4) is 0 Å². The Morgan fingerprint density at radius 2 is 2.13 bits per heavy atom. The average Bonchev–Trinajstić information content (AvgIpc) is 2.98. The van der Waals surface area contributed by atoms with E-state index in [0.29, 0.717) is 25.4 Å². The summed E-state index contributed by atoms with van der Waals surface area (Å²) in [5.41, 5.74) is 0. The average molecular weight is 462 g/mol. The molecule has 0 aliphatic carbocycles. The van der Waals surface area contributed by atoms with Crippen LogP contribution in [0.25, 0.3) is 0 Å². The van der Waals surface area contributed by atoms with Crippen LogP contribution in [0.15, 0.2) is 4.99 Å². The molecule has 2 N–H and O–H groups in total. The third-order valence-corrected chi connectivity index (χ3v) is 4.96. The highest BCUT2D eigenvalue weighted by Crippen LogP contribution is 2.13. The van der Waals surface area contributed by atoms with Gasteiger partial charge in [0, 0.05) is 45.8 Å². The molecule has 7 nitrogen and oxygen atoms in total. The zero-order valence-electron chi connectivity index (χ0n) is 14.4. The number of nitrogens with zero attached hydrogens (tertiary/aromatic N) is 2. The third kappa shape index (κ3) is 9.68. The lowest BCUT2D eigenvalue weighted by Crippen LogP contribution is -2.41. The minimum atomic E-state index is -3.10. The Morgan fingerprint density at radius 3 is 2.70 bits per heavy atom. The minimum Gasteiger partial charge on any atom is -0.381 e. The van der Waals surface area contributed by atoms with E-state index in [1.54, 1.807) is 6.92 Å². The Bertz CT molecular complexity index is 439. The molecular formula is C14H31IN4O3S. The number of guanidine groups is 1. The summed E-state index contributed by atoms with van der Waals surface area (Å²) < 4.78 is 30.6. The number of nitrogens with one attached hydrogen (secondary N) is 2. The molecule has 23 heavy (non-hydrogen) atoms. The maximum atomic E-state index is 11.3. The predicted octanol–water partition coefficient (Wildman–Crippen LogP) is 0.868. The summed E-state index contributed by atoms with van der Waals surface area (Å²) >= 11 is 0. The van der Waals surface area contributed by atoms with E-state index in [4.69, 9.17) is 4.74 Å². The maximum absolute atomic E-state index is 11.3. The van der Waals surface area contributed by atoms with E-state index >= 15 is 0 Å². The van der Waals surface area contributed by atoms with Crippen LogP contribution in [0.2, 0.25) is 0 Å². The highest BCUT2D eigenvalue weighted by Gasteiger charge is 2.18. The summed E-state index contributed by atoms with van der Waals surface area (Å²) in [4.78, 5) is 6.68. The van der Waals surface area contributed by atoms with Gasteiger partial charge in [0.05, 0.1) is 12.4 Å². The van der Waals surface area contributed by atoms with Gasteiger partial charge in [-0.3, -0.25) is 4.99 Å². The minimum absolute atomic E-state index is 0. The lowest BCUT2D eigenvalue weighted by molar-refractivity contribution is 0.181. The number of hydrogen-bond acceptors (Lipinski definition) is 4. The van der Waals surface area contributed by atoms with Gasteiger partial charge in [0.1, 0.15) is 0 Å². The monoisotopic (exact) mass is 462 g/mol. The summed E-state index contributed by atoms with van der Waals surface area (Å²) in [6.45, 7) is 8.11. The van der Waals surface area contributed by atoms with Gasteiger partial charge in [-0.1, -0.05) is 0 Å². The predicted molar refractivity (Wildman–Crippen MR) is 105 cm³/mol. The van der Waals surface area contributed by atoms with Gasteiger partial charge in [-0.05, 0) is 26.7 Å². The second-order valence-corrected chi connectivity index (χ2v) is 7.59. The van der Waals surface area contributed by atoms with E-state index in [9.17, 15) is 8.42 Å². The van der Waals surface area contributed by atoms with Crippen molar-refractivity contribution < 1.29 is 13.2 Å². The Kier molecular flexibility index (Phi) is 12.2. The Morgan fingerprint density at radius 1 is 1.39 bits per heavy atom. The fourth-order valence-corrected chi connectivity index (χ4v) is 2.92. The molecule has 0 aromatic carbocycles. The molecule has 1 aliphatic rings. The van der Waals surface area contributed by atoms with Crippen LogP contribution in [0, 0.1) is 5.92 Å². The molecule has 9 heteroatoms. The Hall–Kier alpha value is -0.130. The SMILES string of the molecule is CCNC(=NCCCNS(=O)(=O)CC)N(C)CC1CCOC1.I. The first kappa shape index (κ1) is 22.9. The zero-order chi connectivity index (χ0) is 16.4. The van der Waals surface area contributed by atoms with Crippen LogP contribution in [-0.2, 0) is 14.8 Å². The standard InChI is InChI=1S/C14H30N4O3S.HI/c1-4-15-14(18(3)11-13-7-10-21-12-13)16-8-6-9-17-22(19,20)5-2;/h13,17H,4-12H2,1-3H3,(H,15,16);1H. The summed E-state index contributed by atoms with van der Waals surface area (Å²) in [6, 6.07) is 0. The molecular weight excluding hydrogens is 431 g/mol. The van der Waals surface area contributed by atoms with Crippen molar-refractivity contribution in [3.8, 4) is 0 Å². The van der Waals surface area contributed by atoms with Crippen molar-refractivity contribution >= 4 is 40.0 Å². The molecule has 1 rings (SSSR count). The van der Waals surface area contributed by atoms with E-state index in [0.717, 1.165) is 38.7 Å². The van der Waals surface area contributed by atoms with E-state index in [1.807, 2.05) is 14.0 Å². The van der Waals surface area contributed by atoms with Crippen LogP contribution in [0.4, 0.5) is 0 Å². The zero-order valence-corrected chi connectivity index (χ0v) is 17.5. The molecule has 0 saturated carbocycles. The summed E-state index contributed by atoms with van der Waals surface area (Å²) in [6.07, 6.45) is 1.79. The molecule has 0 aromatic heterocycles. The second-order valence-electron chi connectivity index (χ2n) is 5.50. The van der Waals surface area contributed by atoms with Crippen LogP contribution >= 0.6 is 24.0 Å². The Balaban J connectivity index is 0.00000484.